The second-order valence-electron chi connectivity index (χ2n) is 5.71. The number of hydrogen-bond acceptors (Lipinski definition) is 6. The van der Waals surface area contributed by atoms with Gasteiger partial charge in [-0.3, -0.25) is 0 Å². The van der Waals surface area contributed by atoms with Gasteiger partial charge in [0.2, 0.25) is 0 Å². The van der Waals surface area contributed by atoms with Gasteiger partial charge in [-0.05, 0) is 24.6 Å². The highest BCUT2D eigenvalue weighted by molar-refractivity contribution is 7.17. The van der Waals surface area contributed by atoms with Crippen molar-refractivity contribution in [2.24, 2.45) is 5.73 Å². The third kappa shape index (κ3) is 3.00. The molecule has 1 atom stereocenters. The molecule has 2 aromatic rings. The van der Waals surface area contributed by atoms with Gasteiger partial charge in [-0.15, -0.1) is 11.3 Å². The van der Waals surface area contributed by atoms with Crippen LogP contribution in [0.2, 0.25) is 0 Å². The predicted octanol–water partition coefficient (Wildman–Crippen LogP) is 3.01. The van der Waals surface area contributed by atoms with Crippen molar-refractivity contribution in [3.05, 3.63) is 40.3 Å². The van der Waals surface area contributed by atoms with Gasteiger partial charge >= 0.3 is 0 Å². The van der Waals surface area contributed by atoms with Gasteiger partial charge in [-0.1, -0.05) is 12.1 Å². The summed E-state index contributed by atoms with van der Waals surface area (Å²) in [4.78, 5) is 3.20. The first-order valence-corrected chi connectivity index (χ1v) is 8.63. The molecule has 1 aromatic carbocycles. The van der Waals surface area contributed by atoms with E-state index in [9.17, 15) is 5.26 Å². The first kappa shape index (κ1) is 16.5. The molecule has 0 bridgehead atoms. The minimum Gasteiger partial charge on any atom is -0.378 e. The Labute approximate surface area is 145 Å². The van der Waals surface area contributed by atoms with Crippen LogP contribution in [-0.4, -0.2) is 26.3 Å². The fraction of sp³-hybridized carbons (Fsp3) is 0.333. The van der Waals surface area contributed by atoms with Gasteiger partial charge in [0.1, 0.15) is 11.1 Å². The molecule has 0 amide bonds. The van der Waals surface area contributed by atoms with Crippen LogP contribution in [-0.2, 0) is 4.74 Å². The van der Waals surface area contributed by atoms with Crippen LogP contribution < -0.4 is 10.6 Å². The molecule has 3 rings (SSSR count). The molecule has 1 aromatic heterocycles. The minimum absolute atomic E-state index is 0.164. The Hall–Kier alpha value is -2.38. The van der Waals surface area contributed by atoms with E-state index in [-0.39, 0.29) is 6.04 Å². The lowest BCUT2D eigenvalue weighted by Crippen LogP contribution is -2.36. The molecule has 0 spiro atoms. The SMILES string of the molecule is CC(N)c1sc(N2CCOCC2)c(C#N)c1-c1ccc(C#N)cc1. The average molecular weight is 338 g/mol. The summed E-state index contributed by atoms with van der Waals surface area (Å²) in [6, 6.07) is 11.6. The third-order valence-corrected chi connectivity index (χ3v) is 5.49. The quantitative estimate of drug-likeness (QED) is 0.929. The van der Waals surface area contributed by atoms with Crippen molar-refractivity contribution in [2.75, 3.05) is 31.2 Å². The van der Waals surface area contributed by atoms with Crippen molar-refractivity contribution < 1.29 is 4.74 Å². The fourth-order valence-electron chi connectivity index (χ4n) is 2.85. The summed E-state index contributed by atoms with van der Waals surface area (Å²) >= 11 is 1.59. The molecule has 1 saturated heterocycles. The first-order chi connectivity index (χ1) is 11.7. The molecule has 0 radical (unpaired) electrons. The molecule has 6 heteroatoms. The van der Waals surface area contributed by atoms with Crippen LogP contribution in [0.4, 0.5) is 5.00 Å². The second-order valence-corrected chi connectivity index (χ2v) is 6.74. The first-order valence-electron chi connectivity index (χ1n) is 7.81. The number of anilines is 1. The summed E-state index contributed by atoms with van der Waals surface area (Å²) in [6.45, 7) is 4.83. The maximum Gasteiger partial charge on any atom is 0.110 e. The molecule has 1 fully saturated rings. The zero-order chi connectivity index (χ0) is 17.1. The van der Waals surface area contributed by atoms with E-state index in [4.69, 9.17) is 15.7 Å². The molecule has 1 unspecified atom stereocenters. The molecule has 0 saturated carbocycles. The Morgan fingerprint density at radius 2 is 1.83 bits per heavy atom. The van der Waals surface area contributed by atoms with Crippen molar-refractivity contribution >= 4 is 16.3 Å². The van der Waals surface area contributed by atoms with Crippen LogP contribution in [0.1, 0.15) is 29.0 Å². The van der Waals surface area contributed by atoms with Crippen molar-refractivity contribution in [3.8, 4) is 23.3 Å². The molecule has 1 aliphatic heterocycles. The summed E-state index contributed by atoms with van der Waals surface area (Å²) in [6.07, 6.45) is 0. The van der Waals surface area contributed by atoms with E-state index < -0.39 is 0 Å². The van der Waals surface area contributed by atoms with Crippen molar-refractivity contribution in [1.29, 1.82) is 10.5 Å². The monoisotopic (exact) mass is 338 g/mol. The lowest BCUT2D eigenvalue weighted by Gasteiger charge is -2.27. The lowest BCUT2D eigenvalue weighted by molar-refractivity contribution is 0.123. The maximum absolute atomic E-state index is 9.79. The number of ether oxygens (including phenoxy) is 1. The van der Waals surface area contributed by atoms with Gasteiger partial charge in [0.25, 0.3) is 0 Å². The highest BCUT2D eigenvalue weighted by Gasteiger charge is 2.25. The van der Waals surface area contributed by atoms with E-state index in [0.29, 0.717) is 24.3 Å². The Balaban J connectivity index is 2.14. The minimum atomic E-state index is -0.164. The molecular weight excluding hydrogens is 320 g/mol. The van der Waals surface area contributed by atoms with E-state index >= 15 is 0 Å². The van der Waals surface area contributed by atoms with Crippen molar-refractivity contribution in [2.45, 2.75) is 13.0 Å². The number of nitriles is 2. The number of nitrogens with two attached hydrogens (primary N) is 1. The zero-order valence-electron chi connectivity index (χ0n) is 13.5. The van der Waals surface area contributed by atoms with E-state index in [1.807, 2.05) is 19.1 Å². The van der Waals surface area contributed by atoms with Crippen molar-refractivity contribution in [1.82, 2.24) is 0 Å². The van der Waals surface area contributed by atoms with E-state index in [0.717, 1.165) is 34.1 Å². The highest BCUT2D eigenvalue weighted by atomic mass is 32.1. The largest absolute Gasteiger partial charge is 0.378 e. The topological polar surface area (TPSA) is 86.1 Å². The second kappa shape index (κ2) is 7.02. The molecular formula is C18H18N4OS. The van der Waals surface area contributed by atoms with Crippen LogP contribution in [0.25, 0.3) is 11.1 Å². The smallest absolute Gasteiger partial charge is 0.110 e. The number of hydrogen-bond donors (Lipinski definition) is 1. The van der Waals surface area contributed by atoms with E-state index in [1.165, 1.54) is 0 Å². The lowest BCUT2D eigenvalue weighted by atomic mass is 9.98. The van der Waals surface area contributed by atoms with Gasteiger partial charge in [-0.25, -0.2) is 0 Å². The van der Waals surface area contributed by atoms with Gasteiger partial charge < -0.3 is 15.4 Å². The summed E-state index contributed by atoms with van der Waals surface area (Å²) in [5, 5.41) is 19.7. The Morgan fingerprint density at radius 3 is 2.38 bits per heavy atom. The predicted molar refractivity (Wildman–Crippen MR) is 94.8 cm³/mol. The van der Waals surface area contributed by atoms with Gasteiger partial charge in [0.15, 0.2) is 0 Å². The third-order valence-electron chi connectivity index (χ3n) is 4.04. The molecule has 122 valence electrons. The van der Waals surface area contributed by atoms with E-state index in [1.54, 1.807) is 23.5 Å². The normalized spacial score (nSPS) is 15.6. The van der Waals surface area contributed by atoms with Gasteiger partial charge in [0, 0.05) is 29.6 Å². The summed E-state index contributed by atoms with van der Waals surface area (Å²) in [5.41, 5.74) is 9.26. The number of morpholine rings is 1. The molecule has 1 aliphatic rings. The standard InChI is InChI=1S/C18H18N4OS/c1-12(21)17-16(14-4-2-13(10-19)3-5-14)15(11-20)18(24-17)22-6-8-23-9-7-22/h2-5,12H,6-9,21H2,1H3. The molecule has 5 nitrogen and oxygen atoms in total. The summed E-state index contributed by atoms with van der Waals surface area (Å²) in [7, 11) is 0. The Bertz CT molecular complexity index is 805. The van der Waals surface area contributed by atoms with Crippen molar-refractivity contribution in [3.63, 3.8) is 0 Å². The Morgan fingerprint density at radius 1 is 1.17 bits per heavy atom. The van der Waals surface area contributed by atoms with Gasteiger partial charge in [-0.2, -0.15) is 10.5 Å². The molecule has 2 heterocycles. The summed E-state index contributed by atoms with van der Waals surface area (Å²) in [5.74, 6) is 0. The molecule has 24 heavy (non-hydrogen) atoms. The number of thiophene rings is 1. The van der Waals surface area contributed by atoms with E-state index in [2.05, 4.69) is 17.0 Å². The van der Waals surface area contributed by atoms with Gasteiger partial charge in [0.05, 0.1) is 30.4 Å². The summed E-state index contributed by atoms with van der Waals surface area (Å²) < 4.78 is 5.41. The zero-order valence-corrected chi connectivity index (χ0v) is 14.3. The number of rotatable bonds is 3. The van der Waals surface area contributed by atoms with Crippen LogP contribution in [0.15, 0.2) is 24.3 Å². The highest BCUT2D eigenvalue weighted by Crippen LogP contribution is 2.44. The number of benzene rings is 1. The maximum atomic E-state index is 9.79. The fourth-order valence-corrected chi connectivity index (χ4v) is 4.13. The molecule has 2 N–H and O–H groups in total. The van der Waals surface area contributed by atoms with Crippen LogP contribution >= 0.6 is 11.3 Å². The Kier molecular flexibility index (Phi) is 4.82. The van der Waals surface area contributed by atoms with Crippen LogP contribution in [0, 0.1) is 22.7 Å². The van der Waals surface area contributed by atoms with Crippen LogP contribution in [0.3, 0.4) is 0 Å². The average Bonchev–Trinajstić information content (AvgIpc) is 3.02. The van der Waals surface area contributed by atoms with Crippen LogP contribution in [0.5, 0.6) is 0 Å². The molecule has 0 aliphatic carbocycles. The number of nitrogens with zero attached hydrogens (tertiary/aromatic N) is 3.